The van der Waals surface area contributed by atoms with E-state index in [-0.39, 0.29) is 0 Å². The molecule has 0 aromatic carbocycles. The molecule has 0 saturated carbocycles. The first-order valence-electron chi connectivity index (χ1n) is 8.16. The summed E-state index contributed by atoms with van der Waals surface area (Å²) in [7, 11) is -12.8. The molecule has 0 amide bonds. The lowest BCUT2D eigenvalue weighted by atomic mass is 11.0. The van der Waals surface area contributed by atoms with Gasteiger partial charge in [-0.3, -0.25) is 0 Å². The monoisotopic (exact) mass is 397 g/mol. The zero-order chi connectivity index (χ0) is 16.1. The average molecular weight is 398 g/mol. The smallest absolute Gasteiger partial charge is 0.393 e. The molecule has 0 spiro atoms. The van der Waals surface area contributed by atoms with Gasteiger partial charge in [-0.15, -0.1) is 0 Å². The lowest BCUT2D eigenvalue weighted by Crippen LogP contribution is -2.83. The van der Waals surface area contributed by atoms with E-state index in [1.165, 1.54) is 0 Å². The molecule has 0 aliphatic carbocycles. The lowest BCUT2D eigenvalue weighted by molar-refractivity contribution is 0.00249. The molecule has 4 rings (SSSR count). The van der Waals surface area contributed by atoms with E-state index in [1.807, 2.05) is 13.8 Å². The van der Waals surface area contributed by atoms with Crippen molar-refractivity contribution in [2.75, 3.05) is 0 Å². The van der Waals surface area contributed by atoms with E-state index in [2.05, 4.69) is 20.8 Å². The minimum absolute atomic E-state index is 0.699. The van der Waals surface area contributed by atoms with Crippen LogP contribution >= 0.6 is 0 Å². The second kappa shape index (κ2) is 5.96. The summed E-state index contributed by atoms with van der Waals surface area (Å²) in [5.74, 6) is 0. The maximum Gasteiger partial charge on any atom is 0.478 e. The minimum Gasteiger partial charge on any atom is -0.393 e. The number of hydrogen-bond donors (Lipinski definition) is 0. The topological polar surface area (TPSA) is 64.6 Å². The molecule has 0 aromatic rings. The predicted octanol–water partition coefficient (Wildman–Crippen LogP) is 2.49. The van der Waals surface area contributed by atoms with Crippen LogP contribution in [0.1, 0.15) is 34.6 Å². The summed E-state index contributed by atoms with van der Waals surface area (Å²) >= 11 is 0. The minimum atomic E-state index is -2.84. The SMILES string of the molecule is CC[Si]1O[Si]2(CC)O[Si]3(CC)O[Si](CC)(O1)O[Si](CC)(O2)O3. The van der Waals surface area contributed by atoms with E-state index >= 15 is 0 Å². The summed E-state index contributed by atoms with van der Waals surface area (Å²) < 4.78 is 44.6. The maximum atomic E-state index is 6.41. The molecule has 4 aliphatic rings. The summed E-state index contributed by atoms with van der Waals surface area (Å²) in [5.41, 5.74) is 0. The molecule has 12 heteroatoms. The van der Waals surface area contributed by atoms with Gasteiger partial charge in [-0.2, -0.15) is 0 Å². The molecular weight excluding hydrogens is 373 g/mol. The highest BCUT2D eigenvalue weighted by molar-refractivity contribution is 6.99. The van der Waals surface area contributed by atoms with Gasteiger partial charge < -0.3 is 28.8 Å². The average Bonchev–Trinajstić information content (AvgIpc) is 2.52. The van der Waals surface area contributed by atoms with E-state index in [1.54, 1.807) is 0 Å². The Morgan fingerprint density at radius 3 is 1.14 bits per heavy atom. The zero-order valence-electron chi connectivity index (χ0n) is 13.9. The molecule has 4 fully saturated rings. The Morgan fingerprint density at radius 1 is 0.545 bits per heavy atom. The van der Waals surface area contributed by atoms with E-state index < -0.39 is 44.5 Å². The molecule has 4 aliphatic heterocycles. The summed E-state index contributed by atoms with van der Waals surface area (Å²) in [5, 5.41) is 0. The van der Waals surface area contributed by atoms with E-state index in [0.717, 1.165) is 6.04 Å². The van der Waals surface area contributed by atoms with Gasteiger partial charge in [0.2, 0.25) is 0 Å². The highest BCUT2D eigenvalue weighted by Gasteiger charge is 2.76. The van der Waals surface area contributed by atoms with Crippen molar-refractivity contribution in [2.24, 2.45) is 0 Å². The van der Waals surface area contributed by atoms with Gasteiger partial charge in [0.05, 0.1) is 0 Å². The number of fused-ring (bicyclic) bond motifs is 2. The van der Waals surface area contributed by atoms with Crippen LogP contribution in [0.2, 0.25) is 30.2 Å². The molecule has 0 N–H and O–H groups in total. The molecule has 0 atom stereocenters. The van der Waals surface area contributed by atoms with Crippen molar-refractivity contribution in [1.29, 1.82) is 0 Å². The Morgan fingerprint density at radius 2 is 0.864 bits per heavy atom. The molecule has 127 valence electrons. The van der Waals surface area contributed by atoms with Crippen LogP contribution in [0.15, 0.2) is 0 Å². The van der Waals surface area contributed by atoms with Crippen molar-refractivity contribution in [2.45, 2.75) is 64.8 Å². The number of hydrogen-bond acceptors (Lipinski definition) is 7. The Hall–Kier alpha value is 0.804. The lowest BCUT2D eigenvalue weighted by Gasteiger charge is -2.59. The molecule has 4 heterocycles. The van der Waals surface area contributed by atoms with Crippen molar-refractivity contribution >= 4 is 44.5 Å². The fourth-order valence-electron chi connectivity index (χ4n) is 2.81. The van der Waals surface area contributed by atoms with Crippen LogP contribution in [0.4, 0.5) is 0 Å². The van der Waals surface area contributed by atoms with Gasteiger partial charge in [0.15, 0.2) is 0 Å². The Kier molecular flexibility index (Phi) is 4.77. The van der Waals surface area contributed by atoms with Crippen molar-refractivity contribution in [3.63, 3.8) is 0 Å². The van der Waals surface area contributed by atoms with Crippen LogP contribution in [-0.2, 0) is 28.8 Å². The van der Waals surface area contributed by atoms with Gasteiger partial charge in [0.25, 0.3) is 0 Å². The Bertz CT molecular complexity index is 374. The van der Waals surface area contributed by atoms with E-state index in [4.69, 9.17) is 28.8 Å². The van der Waals surface area contributed by atoms with Crippen LogP contribution < -0.4 is 0 Å². The number of rotatable bonds is 5. The van der Waals surface area contributed by atoms with Gasteiger partial charge in [-0.25, -0.2) is 0 Å². The van der Waals surface area contributed by atoms with Gasteiger partial charge >= 0.3 is 44.5 Å². The highest BCUT2D eigenvalue weighted by atomic mass is 28.6. The molecule has 1 radical (unpaired) electrons. The fourth-order valence-corrected chi connectivity index (χ4v) is 30.2. The van der Waals surface area contributed by atoms with Gasteiger partial charge in [0, 0.05) is 24.2 Å². The van der Waals surface area contributed by atoms with Gasteiger partial charge in [0.1, 0.15) is 0 Å². The fraction of sp³-hybridized carbons (Fsp3) is 1.00. The molecule has 0 aromatic heterocycles. The normalized spacial score (nSPS) is 48.4. The largest absolute Gasteiger partial charge is 0.478 e. The van der Waals surface area contributed by atoms with Crippen molar-refractivity contribution in [1.82, 2.24) is 0 Å². The quantitative estimate of drug-likeness (QED) is 0.660. The first-order valence-corrected chi connectivity index (χ1v) is 17.4. The third kappa shape index (κ3) is 2.72. The van der Waals surface area contributed by atoms with Gasteiger partial charge in [-0.05, 0) is 6.04 Å². The molecule has 7 nitrogen and oxygen atoms in total. The molecule has 22 heavy (non-hydrogen) atoms. The van der Waals surface area contributed by atoms with Crippen LogP contribution in [0.5, 0.6) is 0 Å². The van der Waals surface area contributed by atoms with Crippen LogP contribution in [0.3, 0.4) is 0 Å². The standard InChI is InChI=1S/C10H25O7Si5/c1-6-18-11-19(7-2)13-21(9-4)15-20(8-3,12-18)16-22(10-5,14-19)17-21/h6-10H2,1-5H3. The maximum absolute atomic E-state index is 6.41. The molecule has 4 bridgehead atoms. The third-order valence-corrected chi connectivity index (χ3v) is 24.9. The first-order chi connectivity index (χ1) is 10.4. The zero-order valence-corrected chi connectivity index (χ0v) is 18.9. The Balaban J connectivity index is 2.09. The second-order valence-corrected chi connectivity index (χ2v) is 21.0. The van der Waals surface area contributed by atoms with Gasteiger partial charge in [-0.1, -0.05) is 34.6 Å². The van der Waals surface area contributed by atoms with Crippen molar-refractivity contribution in [3.8, 4) is 0 Å². The molecular formula is C10H25O7Si5. The van der Waals surface area contributed by atoms with E-state index in [0.29, 0.717) is 24.2 Å². The van der Waals surface area contributed by atoms with E-state index in [9.17, 15) is 0 Å². The van der Waals surface area contributed by atoms with Crippen LogP contribution in [-0.4, -0.2) is 44.5 Å². The van der Waals surface area contributed by atoms with Crippen molar-refractivity contribution < 1.29 is 28.8 Å². The van der Waals surface area contributed by atoms with Crippen molar-refractivity contribution in [3.05, 3.63) is 0 Å². The molecule has 0 unspecified atom stereocenters. The molecule has 4 saturated heterocycles. The third-order valence-electron chi connectivity index (χ3n) is 4.11. The summed E-state index contributed by atoms with van der Waals surface area (Å²) in [6.45, 7) is 10.3. The highest BCUT2D eigenvalue weighted by Crippen LogP contribution is 2.47. The Labute approximate surface area is 138 Å². The van der Waals surface area contributed by atoms with Crippen LogP contribution in [0, 0.1) is 0 Å². The summed E-state index contributed by atoms with van der Waals surface area (Å²) in [4.78, 5) is 0. The summed E-state index contributed by atoms with van der Waals surface area (Å²) in [6, 6.07) is 3.63. The predicted molar refractivity (Wildman–Crippen MR) is 88.8 cm³/mol. The first kappa shape index (κ1) is 17.6. The van der Waals surface area contributed by atoms with Crippen LogP contribution in [0.25, 0.3) is 0 Å². The second-order valence-electron chi connectivity index (χ2n) is 5.59. The summed E-state index contributed by atoms with van der Waals surface area (Å²) in [6.07, 6.45) is 0.